The Kier molecular flexibility index (Phi) is 8.48. The number of rotatable bonds is 10. The minimum Gasteiger partial charge on any atom is -0.465 e. The largest absolute Gasteiger partial charge is 0.465 e. The SMILES string of the molecule is CCOC(C)Oc1ccc(C2(c3ccc(OC(C)OCC)cc3)c3cc(Br)ccc3-c3ccc(Br)cc32)cc1. The molecule has 0 saturated carbocycles. The zero-order valence-electron chi connectivity index (χ0n) is 22.5. The van der Waals surface area contributed by atoms with Gasteiger partial charge in [-0.25, -0.2) is 0 Å². The van der Waals surface area contributed by atoms with Crippen LogP contribution in [-0.2, 0) is 14.9 Å². The third kappa shape index (κ3) is 5.40. The molecule has 4 nitrogen and oxygen atoms in total. The maximum absolute atomic E-state index is 6.00. The van der Waals surface area contributed by atoms with Crippen LogP contribution in [0.3, 0.4) is 0 Å². The summed E-state index contributed by atoms with van der Waals surface area (Å²) in [5.74, 6) is 1.54. The number of hydrogen-bond acceptors (Lipinski definition) is 4. The van der Waals surface area contributed by atoms with Crippen molar-refractivity contribution in [3.8, 4) is 22.6 Å². The molecule has 0 bridgehead atoms. The maximum Gasteiger partial charge on any atom is 0.196 e. The molecule has 0 spiro atoms. The molecule has 202 valence electrons. The first-order chi connectivity index (χ1) is 18.9. The second-order valence-electron chi connectivity index (χ2n) is 9.46. The zero-order chi connectivity index (χ0) is 27.6. The highest BCUT2D eigenvalue weighted by Gasteiger charge is 2.46. The van der Waals surface area contributed by atoms with Crippen LogP contribution in [0, 0.1) is 0 Å². The Morgan fingerprint density at radius 1 is 0.590 bits per heavy atom. The molecule has 0 saturated heterocycles. The molecule has 0 aromatic heterocycles. The van der Waals surface area contributed by atoms with E-state index in [1.165, 1.54) is 22.3 Å². The second kappa shape index (κ2) is 11.8. The molecule has 0 amide bonds. The van der Waals surface area contributed by atoms with Gasteiger partial charge in [0, 0.05) is 22.2 Å². The van der Waals surface area contributed by atoms with Crippen molar-refractivity contribution in [2.75, 3.05) is 13.2 Å². The third-order valence-electron chi connectivity index (χ3n) is 7.04. The van der Waals surface area contributed by atoms with Gasteiger partial charge in [-0.2, -0.15) is 0 Å². The van der Waals surface area contributed by atoms with Crippen LogP contribution in [0.25, 0.3) is 11.1 Å². The van der Waals surface area contributed by atoms with Crippen molar-refractivity contribution < 1.29 is 18.9 Å². The summed E-state index contributed by atoms with van der Waals surface area (Å²) in [5, 5.41) is 0. The summed E-state index contributed by atoms with van der Waals surface area (Å²) in [6, 6.07) is 29.9. The average Bonchev–Trinajstić information content (AvgIpc) is 3.19. The monoisotopic (exact) mass is 650 g/mol. The molecule has 39 heavy (non-hydrogen) atoms. The molecule has 0 heterocycles. The van der Waals surface area contributed by atoms with Gasteiger partial charge in [-0.3, -0.25) is 0 Å². The first-order valence-electron chi connectivity index (χ1n) is 13.2. The number of hydrogen-bond donors (Lipinski definition) is 0. The van der Waals surface area contributed by atoms with Crippen molar-refractivity contribution >= 4 is 31.9 Å². The fourth-order valence-electron chi connectivity index (χ4n) is 5.54. The van der Waals surface area contributed by atoms with Crippen molar-refractivity contribution in [1.29, 1.82) is 0 Å². The van der Waals surface area contributed by atoms with Gasteiger partial charge in [-0.05, 0) is 110 Å². The second-order valence-corrected chi connectivity index (χ2v) is 11.3. The lowest BCUT2D eigenvalue weighted by atomic mass is 9.67. The summed E-state index contributed by atoms with van der Waals surface area (Å²) < 4.78 is 25.2. The lowest BCUT2D eigenvalue weighted by molar-refractivity contribution is -0.0616. The molecule has 6 heteroatoms. The molecule has 0 fully saturated rings. The van der Waals surface area contributed by atoms with E-state index in [1.807, 2.05) is 52.0 Å². The summed E-state index contributed by atoms with van der Waals surface area (Å²) in [6.45, 7) is 8.95. The van der Waals surface area contributed by atoms with E-state index in [0.717, 1.165) is 31.6 Å². The van der Waals surface area contributed by atoms with E-state index < -0.39 is 5.41 Å². The Morgan fingerprint density at radius 2 is 0.974 bits per heavy atom. The van der Waals surface area contributed by atoms with E-state index in [0.29, 0.717) is 13.2 Å². The highest BCUT2D eigenvalue weighted by atomic mass is 79.9. The molecule has 2 atom stereocenters. The van der Waals surface area contributed by atoms with Crippen LogP contribution in [0.4, 0.5) is 0 Å². The molecule has 1 aliphatic rings. The van der Waals surface area contributed by atoms with E-state index in [9.17, 15) is 0 Å². The van der Waals surface area contributed by atoms with Gasteiger partial charge in [-0.15, -0.1) is 0 Å². The zero-order valence-corrected chi connectivity index (χ0v) is 25.7. The van der Waals surface area contributed by atoms with Gasteiger partial charge >= 0.3 is 0 Å². The highest BCUT2D eigenvalue weighted by Crippen LogP contribution is 2.57. The van der Waals surface area contributed by atoms with Crippen LogP contribution in [0.1, 0.15) is 49.9 Å². The topological polar surface area (TPSA) is 36.9 Å². The van der Waals surface area contributed by atoms with E-state index >= 15 is 0 Å². The fraction of sp³-hybridized carbons (Fsp3) is 0.273. The molecule has 4 aromatic carbocycles. The number of ether oxygens (including phenoxy) is 4. The predicted molar refractivity (Wildman–Crippen MR) is 163 cm³/mol. The standard InChI is InChI=1S/C33H32Br2O4/c1-5-36-21(3)38-27-13-7-23(8-14-27)33(24-9-15-28(16-10-24)39-22(4)37-6-2)31-19-25(34)11-17-29(31)30-18-12-26(35)20-32(30)33/h7-22H,5-6H2,1-4H3. The van der Waals surface area contributed by atoms with Crippen LogP contribution >= 0.6 is 31.9 Å². The van der Waals surface area contributed by atoms with E-state index in [4.69, 9.17) is 18.9 Å². The number of halogens is 2. The fourth-order valence-corrected chi connectivity index (χ4v) is 6.27. The maximum atomic E-state index is 6.00. The van der Waals surface area contributed by atoms with Gasteiger partial charge in [0.15, 0.2) is 12.6 Å². The average molecular weight is 652 g/mol. The van der Waals surface area contributed by atoms with Crippen molar-refractivity contribution in [2.45, 2.75) is 45.7 Å². The first kappa shape index (κ1) is 27.9. The Hall–Kier alpha value is -2.64. The molecule has 4 aromatic rings. The van der Waals surface area contributed by atoms with Crippen molar-refractivity contribution in [2.24, 2.45) is 0 Å². The van der Waals surface area contributed by atoms with Gasteiger partial charge in [0.1, 0.15) is 11.5 Å². The van der Waals surface area contributed by atoms with E-state index in [2.05, 4.69) is 92.5 Å². The normalized spacial score (nSPS) is 14.8. The minimum absolute atomic E-state index is 0.318. The third-order valence-corrected chi connectivity index (χ3v) is 8.03. The number of benzene rings is 4. The Labute approximate surface area is 247 Å². The minimum atomic E-state index is -0.549. The van der Waals surface area contributed by atoms with Crippen LogP contribution in [0.5, 0.6) is 11.5 Å². The summed E-state index contributed by atoms with van der Waals surface area (Å²) in [4.78, 5) is 0. The Morgan fingerprint density at radius 3 is 1.33 bits per heavy atom. The van der Waals surface area contributed by atoms with Gasteiger partial charge < -0.3 is 18.9 Å². The molecule has 5 rings (SSSR count). The van der Waals surface area contributed by atoms with Gasteiger partial charge in [0.25, 0.3) is 0 Å². The summed E-state index contributed by atoms with van der Waals surface area (Å²) in [7, 11) is 0. The van der Waals surface area contributed by atoms with Crippen molar-refractivity contribution in [3.63, 3.8) is 0 Å². The molecular weight excluding hydrogens is 620 g/mol. The first-order valence-corrected chi connectivity index (χ1v) is 14.8. The van der Waals surface area contributed by atoms with Gasteiger partial charge in [0.05, 0.1) is 5.41 Å². The van der Waals surface area contributed by atoms with E-state index in [-0.39, 0.29) is 12.6 Å². The summed E-state index contributed by atoms with van der Waals surface area (Å²) in [6.07, 6.45) is -0.637. The Bertz CT molecular complexity index is 1320. The van der Waals surface area contributed by atoms with Crippen LogP contribution in [-0.4, -0.2) is 25.8 Å². The molecule has 2 unspecified atom stereocenters. The smallest absolute Gasteiger partial charge is 0.196 e. The lowest BCUT2D eigenvalue weighted by Gasteiger charge is -2.34. The lowest BCUT2D eigenvalue weighted by Crippen LogP contribution is -2.28. The molecule has 1 aliphatic carbocycles. The van der Waals surface area contributed by atoms with Crippen LogP contribution < -0.4 is 9.47 Å². The van der Waals surface area contributed by atoms with Crippen molar-refractivity contribution in [3.05, 3.63) is 116 Å². The van der Waals surface area contributed by atoms with Gasteiger partial charge in [-0.1, -0.05) is 68.3 Å². The summed E-state index contributed by atoms with van der Waals surface area (Å²) >= 11 is 7.50. The summed E-state index contributed by atoms with van der Waals surface area (Å²) in [5.41, 5.74) is 6.62. The van der Waals surface area contributed by atoms with Crippen LogP contribution in [0.2, 0.25) is 0 Å². The Balaban J connectivity index is 1.69. The predicted octanol–water partition coefficient (Wildman–Crippen LogP) is 9.10. The molecule has 0 aliphatic heterocycles. The van der Waals surface area contributed by atoms with Crippen molar-refractivity contribution in [1.82, 2.24) is 0 Å². The molecule has 0 radical (unpaired) electrons. The molecular formula is C33H32Br2O4. The van der Waals surface area contributed by atoms with Crippen LogP contribution in [0.15, 0.2) is 93.9 Å². The van der Waals surface area contributed by atoms with Gasteiger partial charge in [0.2, 0.25) is 0 Å². The molecule has 0 N–H and O–H groups in total. The number of fused-ring (bicyclic) bond motifs is 3. The van der Waals surface area contributed by atoms with E-state index in [1.54, 1.807) is 0 Å². The quantitative estimate of drug-likeness (QED) is 0.141. The highest BCUT2D eigenvalue weighted by molar-refractivity contribution is 9.10.